The maximum absolute atomic E-state index is 4.88. The number of rotatable bonds is 4. The van der Waals surface area contributed by atoms with Gasteiger partial charge in [-0.3, -0.25) is 0 Å². The van der Waals surface area contributed by atoms with Gasteiger partial charge in [0.25, 0.3) is 0 Å². The van der Waals surface area contributed by atoms with Crippen LogP contribution in [0.1, 0.15) is 0 Å². The summed E-state index contributed by atoms with van der Waals surface area (Å²) in [5, 5.41) is 9.05. The van der Waals surface area contributed by atoms with Crippen molar-refractivity contribution in [2.45, 2.75) is 0 Å². The SMILES string of the molecule is C1=NN(c2ccccc2)N(c2ccccc2)[N+]1(c1ccccc1)c1ccccc1.[Cl-]. The number of hydrazone groups is 1. The predicted octanol–water partition coefficient (Wildman–Crippen LogP) is 3.13. The van der Waals surface area contributed by atoms with Crippen molar-refractivity contribution in [3.05, 3.63) is 121 Å². The van der Waals surface area contributed by atoms with E-state index in [9.17, 15) is 0 Å². The number of hydrogen-bond acceptors (Lipinski definition) is 3. The molecule has 0 saturated heterocycles. The third kappa shape index (κ3) is 3.22. The highest BCUT2D eigenvalue weighted by molar-refractivity contribution is 5.91. The Hall–Kier alpha value is -3.60. The van der Waals surface area contributed by atoms with Crippen molar-refractivity contribution < 1.29 is 12.4 Å². The third-order valence-electron chi connectivity index (χ3n) is 5.08. The highest BCUT2D eigenvalue weighted by atomic mass is 35.5. The second-order valence-corrected chi connectivity index (χ2v) is 6.84. The molecule has 4 nitrogen and oxygen atoms in total. The number of nitrogens with zero attached hydrogens (tertiary/aromatic N) is 4. The lowest BCUT2D eigenvalue weighted by molar-refractivity contribution is -0.00000556. The standard InChI is InChI=1S/C25H21N4.ClH/c1-5-13-22(14-6-1)27-26-21-29(24-17-9-3-10-18-24,25-19-11-4-12-20-25)28(27)23-15-7-2-8-16-23;/h1-21H;1H/q+1;/p-1. The molecule has 0 fully saturated rings. The smallest absolute Gasteiger partial charge is 0.246 e. The van der Waals surface area contributed by atoms with Crippen molar-refractivity contribution in [1.82, 2.24) is 4.59 Å². The van der Waals surface area contributed by atoms with Gasteiger partial charge in [-0.15, -0.1) is 5.12 Å². The molecule has 5 heteroatoms. The van der Waals surface area contributed by atoms with E-state index in [1.165, 1.54) is 0 Å². The van der Waals surface area contributed by atoms with E-state index in [0.717, 1.165) is 22.7 Å². The van der Waals surface area contributed by atoms with Crippen molar-refractivity contribution in [3.8, 4) is 0 Å². The number of anilines is 2. The summed E-state index contributed by atoms with van der Waals surface area (Å²) in [5.74, 6) is 0. The first kappa shape index (κ1) is 19.7. The molecule has 0 saturated carbocycles. The molecule has 0 aliphatic carbocycles. The van der Waals surface area contributed by atoms with Gasteiger partial charge in [-0.25, -0.2) is 0 Å². The van der Waals surface area contributed by atoms with Gasteiger partial charge >= 0.3 is 0 Å². The van der Waals surface area contributed by atoms with E-state index in [0.29, 0.717) is 4.59 Å². The van der Waals surface area contributed by atoms with E-state index in [-0.39, 0.29) is 12.4 Å². The maximum Gasteiger partial charge on any atom is 0.246 e. The van der Waals surface area contributed by atoms with Crippen molar-refractivity contribution in [3.63, 3.8) is 0 Å². The van der Waals surface area contributed by atoms with Gasteiger partial charge < -0.3 is 12.4 Å². The number of para-hydroxylation sites is 4. The minimum atomic E-state index is 0. The number of quaternary nitrogens is 1. The average Bonchev–Trinajstić information content (AvgIpc) is 3.23. The first-order valence-electron chi connectivity index (χ1n) is 9.65. The topological polar surface area (TPSA) is 18.8 Å². The monoisotopic (exact) mass is 412 g/mol. The zero-order valence-corrected chi connectivity index (χ0v) is 17.0. The molecule has 0 amide bonds. The van der Waals surface area contributed by atoms with Crippen LogP contribution in [0.25, 0.3) is 0 Å². The zero-order chi connectivity index (χ0) is 19.5. The van der Waals surface area contributed by atoms with E-state index in [1.54, 1.807) is 0 Å². The molecular formula is C25H21ClN4. The molecule has 148 valence electrons. The summed E-state index contributed by atoms with van der Waals surface area (Å²) in [4.78, 5) is 0. The minimum absolute atomic E-state index is 0. The van der Waals surface area contributed by atoms with Gasteiger partial charge in [-0.05, 0) is 24.3 Å². The third-order valence-corrected chi connectivity index (χ3v) is 5.08. The highest BCUT2D eigenvalue weighted by Crippen LogP contribution is 2.42. The molecule has 30 heavy (non-hydrogen) atoms. The molecule has 4 aromatic carbocycles. The normalized spacial score (nSPS) is 14.4. The van der Waals surface area contributed by atoms with Gasteiger partial charge in [-0.2, -0.15) is 0 Å². The first-order chi connectivity index (χ1) is 14.4. The van der Waals surface area contributed by atoms with Crippen LogP contribution in [-0.2, 0) is 0 Å². The molecule has 1 aliphatic heterocycles. The molecule has 1 heterocycles. The Morgan fingerprint density at radius 3 is 1.37 bits per heavy atom. The van der Waals surface area contributed by atoms with Crippen LogP contribution in [0.4, 0.5) is 22.7 Å². The lowest BCUT2D eigenvalue weighted by Gasteiger charge is -2.40. The van der Waals surface area contributed by atoms with E-state index >= 15 is 0 Å². The fraction of sp³-hybridized carbons (Fsp3) is 0. The van der Waals surface area contributed by atoms with Crippen molar-refractivity contribution in [2.24, 2.45) is 5.10 Å². The van der Waals surface area contributed by atoms with E-state index in [4.69, 9.17) is 5.10 Å². The second kappa shape index (κ2) is 8.41. The summed E-state index contributed by atoms with van der Waals surface area (Å²) < 4.78 is 0.334. The Morgan fingerprint density at radius 1 is 0.500 bits per heavy atom. The van der Waals surface area contributed by atoms with Crippen LogP contribution >= 0.6 is 0 Å². The molecule has 0 N–H and O–H groups in total. The molecular weight excluding hydrogens is 392 g/mol. The molecule has 0 spiro atoms. The van der Waals surface area contributed by atoms with Crippen LogP contribution in [0.15, 0.2) is 126 Å². The van der Waals surface area contributed by atoms with Crippen molar-refractivity contribution >= 4 is 29.1 Å². The summed E-state index contributed by atoms with van der Waals surface area (Å²) in [6.45, 7) is 0. The largest absolute Gasteiger partial charge is 1.00 e. The number of benzene rings is 4. The van der Waals surface area contributed by atoms with Gasteiger partial charge in [0.05, 0.1) is 5.69 Å². The van der Waals surface area contributed by atoms with Gasteiger partial charge in [0.2, 0.25) is 6.34 Å². The number of halogens is 1. The zero-order valence-electron chi connectivity index (χ0n) is 16.3. The quantitative estimate of drug-likeness (QED) is 0.479. The Labute approximate surface area is 182 Å². The summed E-state index contributed by atoms with van der Waals surface area (Å²) >= 11 is 0. The fourth-order valence-corrected chi connectivity index (χ4v) is 3.76. The molecule has 0 radical (unpaired) electrons. The Bertz CT molecular complexity index is 1060. The van der Waals surface area contributed by atoms with Gasteiger partial charge in [0.1, 0.15) is 5.69 Å². The molecule has 0 aromatic heterocycles. The van der Waals surface area contributed by atoms with Gasteiger partial charge in [-0.1, -0.05) is 87.6 Å². The number of hydrogen-bond donors (Lipinski definition) is 0. The lowest BCUT2D eigenvalue weighted by Crippen LogP contribution is -3.00. The molecule has 4 aromatic rings. The molecule has 0 atom stereocenters. The lowest BCUT2D eigenvalue weighted by atomic mass is 10.2. The first-order valence-corrected chi connectivity index (χ1v) is 9.65. The van der Waals surface area contributed by atoms with Crippen LogP contribution in [0.3, 0.4) is 0 Å². The maximum atomic E-state index is 4.88. The van der Waals surface area contributed by atoms with Gasteiger partial charge in [0.15, 0.2) is 11.4 Å². The van der Waals surface area contributed by atoms with Crippen LogP contribution in [0, 0.1) is 0 Å². The van der Waals surface area contributed by atoms with Crippen molar-refractivity contribution in [1.29, 1.82) is 0 Å². The van der Waals surface area contributed by atoms with Crippen LogP contribution in [0.2, 0.25) is 0 Å². The summed E-state index contributed by atoms with van der Waals surface area (Å²) in [7, 11) is 0. The van der Waals surface area contributed by atoms with Crippen LogP contribution in [0.5, 0.6) is 0 Å². The van der Waals surface area contributed by atoms with Gasteiger partial charge in [0, 0.05) is 24.3 Å². The highest BCUT2D eigenvalue weighted by Gasteiger charge is 2.48. The Morgan fingerprint density at radius 2 is 0.900 bits per heavy atom. The van der Waals surface area contributed by atoms with E-state index < -0.39 is 0 Å². The van der Waals surface area contributed by atoms with E-state index in [2.05, 4.69) is 90.0 Å². The number of hydrazine groups is 1. The molecule has 1 aliphatic rings. The summed E-state index contributed by atoms with van der Waals surface area (Å²) in [6.07, 6.45) is 1.99. The summed E-state index contributed by atoms with van der Waals surface area (Å²) in [5.41, 5.74) is 4.25. The van der Waals surface area contributed by atoms with Crippen molar-refractivity contribution in [2.75, 3.05) is 10.2 Å². The molecule has 0 bridgehead atoms. The Balaban J connectivity index is 0.00000218. The second-order valence-electron chi connectivity index (χ2n) is 6.84. The summed E-state index contributed by atoms with van der Waals surface area (Å²) in [6, 6.07) is 41.5. The molecule has 5 rings (SSSR count). The average molecular weight is 413 g/mol. The fourth-order valence-electron chi connectivity index (χ4n) is 3.76. The minimum Gasteiger partial charge on any atom is -1.00 e. The predicted molar refractivity (Wildman–Crippen MR) is 121 cm³/mol. The van der Waals surface area contributed by atoms with Crippen LogP contribution in [-0.4, -0.2) is 6.34 Å². The van der Waals surface area contributed by atoms with Crippen LogP contribution < -0.4 is 27.2 Å². The van der Waals surface area contributed by atoms with E-state index in [1.807, 2.05) is 47.9 Å². The Kier molecular flexibility index (Phi) is 5.53. The molecule has 0 unspecified atom stereocenters.